The number of piperidine rings is 1. The molecule has 1 aliphatic rings. The molecule has 0 spiro atoms. The van der Waals surface area contributed by atoms with Gasteiger partial charge in [-0.2, -0.15) is 0 Å². The summed E-state index contributed by atoms with van der Waals surface area (Å²) >= 11 is 0. The Morgan fingerprint density at radius 3 is 2.24 bits per heavy atom. The molecule has 2 rings (SSSR count). The molecule has 1 fully saturated rings. The Morgan fingerprint density at radius 2 is 1.71 bits per heavy atom. The summed E-state index contributed by atoms with van der Waals surface area (Å²) in [6.45, 7) is 6.24. The highest BCUT2D eigenvalue weighted by molar-refractivity contribution is 5.85. The summed E-state index contributed by atoms with van der Waals surface area (Å²) in [7, 11) is 2.10. The predicted molar refractivity (Wildman–Crippen MR) is 73.0 cm³/mol. The first-order chi connectivity index (χ1) is 7.66. The molecule has 1 aromatic heterocycles. The Hall–Kier alpha value is -0.870. The van der Waals surface area contributed by atoms with E-state index in [4.69, 9.17) is 0 Å². The number of nitrogens with zero attached hydrogens (tertiary/aromatic N) is 3. The Labute approximate surface area is 109 Å². The minimum Gasteiger partial charge on any atom is -0.341 e. The highest BCUT2D eigenvalue weighted by Gasteiger charge is 2.19. The van der Waals surface area contributed by atoms with Crippen LogP contribution in [0.15, 0.2) is 6.07 Å². The zero-order valence-corrected chi connectivity index (χ0v) is 11.5. The van der Waals surface area contributed by atoms with Crippen molar-refractivity contribution in [2.75, 3.05) is 25.0 Å². The Balaban J connectivity index is 0.00000144. The zero-order valence-electron chi connectivity index (χ0n) is 10.7. The van der Waals surface area contributed by atoms with E-state index in [1.165, 1.54) is 12.8 Å². The summed E-state index contributed by atoms with van der Waals surface area (Å²) in [5.41, 5.74) is 2.09. The largest absolute Gasteiger partial charge is 0.341 e. The number of aromatic nitrogens is 2. The van der Waals surface area contributed by atoms with Gasteiger partial charge in [0.2, 0.25) is 5.95 Å². The minimum absolute atomic E-state index is 0. The van der Waals surface area contributed by atoms with Crippen LogP contribution in [0.5, 0.6) is 0 Å². The average molecular weight is 257 g/mol. The molecule has 0 radical (unpaired) electrons. The van der Waals surface area contributed by atoms with Gasteiger partial charge in [-0.25, -0.2) is 9.97 Å². The molecule has 0 amide bonds. The number of hydrogen-bond donors (Lipinski definition) is 1. The fourth-order valence-electron chi connectivity index (χ4n) is 2.22. The van der Waals surface area contributed by atoms with E-state index in [-0.39, 0.29) is 12.4 Å². The van der Waals surface area contributed by atoms with Crippen molar-refractivity contribution in [2.24, 2.45) is 0 Å². The van der Waals surface area contributed by atoms with Crippen LogP contribution in [0.25, 0.3) is 0 Å². The van der Waals surface area contributed by atoms with E-state index in [2.05, 4.69) is 27.2 Å². The van der Waals surface area contributed by atoms with Crippen LogP contribution in [-0.4, -0.2) is 36.1 Å². The van der Waals surface area contributed by atoms with Crippen LogP contribution in [0.3, 0.4) is 0 Å². The van der Waals surface area contributed by atoms with Crippen molar-refractivity contribution in [3.05, 3.63) is 17.5 Å². The molecule has 1 aliphatic heterocycles. The Morgan fingerprint density at radius 1 is 1.18 bits per heavy atom. The van der Waals surface area contributed by atoms with Gasteiger partial charge in [0.25, 0.3) is 0 Å². The molecule has 1 N–H and O–H groups in total. The summed E-state index contributed by atoms with van der Waals surface area (Å²) in [6, 6.07) is 2.59. The summed E-state index contributed by atoms with van der Waals surface area (Å²) in [6.07, 6.45) is 2.35. The molecule has 0 unspecified atom stereocenters. The maximum atomic E-state index is 4.50. The van der Waals surface area contributed by atoms with Gasteiger partial charge in [-0.1, -0.05) is 0 Å². The molecule has 17 heavy (non-hydrogen) atoms. The van der Waals surface area contributed by atoms with E-state index in [1.807, 2.05) is 19.9 Å². The van der Waals surface area contributed by atoms with Crippen molar-refractivity contribution in [1.82, 2.24) is 15.3 Å². The quantitative estimate of drug-likeness (QED) is 0.875. The maximum absolute atomic E-state index is 4.50. The van der Waals surface area contributed by atoms with E-state index < -0.39 is 0 Å². The summed E-state index contributed by atoms with van der Waals surface area (Å²) in [5.74, 6) is 0.865. The Bertz CT molecular complexity index is 343. The second-order valence-electron chi connectivity index (χ2n) is 4.54. The van der Waals surface area contributed by atoms with Crippen LogP contribution in [0.1, 0.15) is 24.2 Å². The molecule has 0 aromatic carbocycles. The van der Waals surface area contributed by atoms with E-state index >= 15 is 0 Å². The van der Waals surface area contributed by atoms with E-state index in [9.17, 15) is 0 Å². The van der Waals surface area contributed by atoms with Gasteiger partial charge in [-0.05, 0) is 45.8 Å². The molecule has 0 bridgehead atoms. The topological polar surface area (TPSA) is 41.1 Å². The van der Waals surface area contributed by atoms with Gasteiger partial charge in [0.1, 0.15) is 0 Å². The maximum Gasteiger partial charge on any atom is 0.225 e. The monoisotopic (exact) mass is 256 g/mol. The molecule has 4 nitrogen and oxygen atoms in total. The van der Waals surface area contributed by atoms with Gasteiger partial charge in [0.15, 0.2) is 0 Å². The van der Waals surface area contributed by atoms with Crippen molar-refractivity contribution in [3.8, 4) is 0 Å². The molecule has 1 aromatic rings. The van der Waals surface area contributed by atoms with Crippen LogP contribution < -0.4 is 10.2 Å². The normalized spacial score (nSPS) is 16.4. The van der Waals surface area contributed by atoms with E-state index in [0.717, 1.165) is 30.4 Å². The van der Waals surface area contributed by atoms with Crippen molar-refractivity contribution < 1.29 is 0 Å². The van der Waals surface area contributed by atoms with Gasteiger partial charge >= 0.3 is 0 Å². The van der Waals surface area contributed by atoms with Gasteiger partial charge in [-0.15, -0.1) is 12.4 Å². The summed E-state index contributed by atoms with van der Waals surface area (Å²) in [4.78, 5) is 11.2. The van der Waals surface area contributed by atoms with Gasteiger partial charge in [0, 0.05) is 24.5 Å². The SMILES string of the molecule is Cc1cc(C)nc(N(C)C2CCNCC2)n1.Cl. The van der Waals surface area contributed by atoms with Crippen molar-refractivity contribution in [1.29, 1.82) is 0 Å². The van der Waals surface area contributed by atoms with Gasteiger partial charge < -0.3 is 10.2 Å². The van der Waals surface area contributed by atoms with Crippen LogP contribution >= 0.6 is 12.4 Å². The molecule has 0 aliphatic carbocycles. The lowest BCUT2D eigenvalue weighted by Crippen LogP contribution is -2.42. The van der Waals surface area contributed by atoms with E-state index in [1.54, 1.807) is 0 Å². The second kappa shape index (κ2) is 6.17. The molecular weight excluding hydrogens is 236 g/mol. The highest BCUT2D eigenvalue weighted by atomic mass is 35.5. The third-order valence-corrected chi connectivity index (χ3v) is 3.14. The van der Waals surface area contributed by atoms with Crippen LogP contribution in [0.4, 0.5) is 5.95 Å². The molecule has 0 saturated carbocycles. The average Bonchev–Trinajstić information content (AvgIpc) is 2.28. The summed E-state index contributed by atoms with van der Waals surface area (Å²) < 4.78 is 0. The molecule has 2 heterocycles. The lowest BCUT2D eigenvalue weighted by Gasteiger charge is -2.31. The lowest BCUT2D eigenvalue weighted by atomic mass is 10.1. The third kappa shape index (κ3) is 3.54. The first kappa shape index (κ1) is 14.2. The van der Waals surface area contributed by atoms with Crippen molar-refractivity contribution in [3.63, 3.8) is 0 Å². The summed E-state index contributed by atoms with van der Waals surface area (Å²) in [5, 5.41) is 3.38. The number of rotatable bonds is 2. The van der Waals surface area contributed by atoms with Crippen molar-refractivity contribution >= 4 is 18.4 Å². The highest BCUT2D eigenvalue weighted by Crippen LogP contribution is 2.16. The standard InChI is InChI=1S/C12H20N4.ClH/c1-9-8-10(2)15-12(14-9)16(3)11-4-6-13-7-5-11;/h8,11,13H,4-7H2,1-3H3;1H. The van der Waals surface area contributed by atoms with Crippen LogP contribution in [0, 0.1) is 13.8 Å². The fraction of sp³-hybridized carbons (Fsp3) is 0.667. The first-order valence-corrected chi connectivity index (χ1v) is 5.92. The number of aryl methyl sites for hydroxylation is 2. The third-order valence-electron chi connectivity index (χ3n) is 3.14. The molecule has 5 heteroatoms. The van der Waals surface area contributed by atoms with Gasteiger partial charge in [-0.3, -0.25) is 0 Å². The number of anilines is 1. The smallest absolute Gasteiger partial charge is 0.225 e. The van der Waals surface area contributed by atoms with Crippen LogP contribution in [0.2, 0.25) is 0 Å². The van der Waals surface area contributed by atoms with Crippen LogP contribution in [-0.2, 0) is 0 Å². The number of nitrogens with one attached hydrogen (secondary N) is 1. The molecule has 0 atom stereocenters. The van der Waals surface area contributed by atoms with Gasteiger partial charge in [0.05, 0.1) is 0 Å². The number of hydrogen-bond acceptors (Lipinski definition) is 4. The van der Waals surface area contributed by atoms with E-state index in [0.29, 0.717) is 6.04 Å². The molecular formula is C12H21ClN4. The molecule has 96 valence electrons. The lowest BCUT2D eigenvalue weighted by molar-refractivity contribution is 0.439. The Kier molecular flexibility index (Phi) is 5.15. The predicted octanol–water partition coefficient (Wildman–Crippen LogP) is 1.70. The fourth-order valence-corrected chi connectivity index (χ4v) is 2.22. The zero-order chi connectivity index (χ0) is 11.5. The minimum atomic E-state index is 0. The first-order valence-electron chi connectivity index (χ1n) is 5.92. The second-order valence-corrected chi connectivity index (χ2v) is 4.54. The van der Waals surface area contributed by atoms with Crippen molar-refractivity contribution in [2.45, 2.75) is 32.7 Å². The molecule has 1 saturated heterocycles. The number of halogens is 1.